The maximum absolute atomic E-state index is 12.0. The monoisotopic (exact) mass is 275 g/mol. The average molecular weight is 275 g/mol. The number of hydrogen-bond donors (Lipinski definition) is 1. The largest absolute Gasteiger partial charge is 0.573 e. The summed E-state index contributed by atoms with van der Waals surface area (Å²) in [7, 11) is 0. The van der Waals surface area contributed by atoms with E-state index >= 15 is 0 Å². The van der Waals surface area contributed by atoms with Gasteiger partial charge in [0.05, 0.1) is 0 Å². The van der Waals surface area contributed by atoms with Crippen molar-refractivity contribution in [3.8, 4) is 5.75 Å². The average Bonchev–Trinajstić information content (AvgIpc) is 2.30. The zero-order valence-electron chi connectivity index (χ0n) is 11.3. The van der Waals surface area contributed by atoms with Crippen LogP contribution in [0, 0.1) is 5.41 Å². The molecule has 2 nitrogen and oxygen atoms in total. The van der Waals surface area contributed by atoms with Crippen molar-refractivity contribution in [2.45, 2.75) is 39.5 Å². The molecule has 0 heterocycles. The van der Waals surface area contributed by atoms with E-state index in [9.17, 15) is 13.2 Å². The number of rotatable bonds is 6. The van der Waals surface area contributed by atoms with Crippen LogP contribution in [0.1, 0.15) is 32.3 Å². The first-order valence-electron chi connectivity index (χ1n) is 6.33. The topological polar surface area (TPSA) is 35.2 Å². The lowest BCUT2D eigenvalue weighted by Crippen LogP contribution is -2.29. The molecule has 1 aromatic rings. The minimum absolute atomic E-state index is 0.0127. The van der Waals surface area contributed by atoms with E-state index in [0.29, 0.717) is 6.54 Å². The molecule has 1 unspecified atom stereocenters. The first-order chi connectivity index (χ1) is 8.78. The van der Waals surface area contributed by atoms with Gasteiger partial charge in [0.25, 0.3) is 0 Å². The third kappa shape index (κ3) is 5.51. The van der Waals surface area contributed by atoms with Crippen LogP contribution in [0.15, 0.2) is 24.3 Å². The summed E-state index contributed by atoms with van der Waals surface area (Å²) < 4.78 is 39.9. The van der Waals surface area contributed by atoms with Crippen molar-refractivity contribution in [1.29, 1.82) is 0 Å². The third-order valence-corrected chi connectivity index (χ3v) is 3.13. The Hall–Kier alpha value is -1.23. The van der Waals surface area contributed by atoms with Gasteiger partial charge in [-0.1, -0.05) is 32.4 Å². The summed E-state index contributed by atoms with van der Waals surface area (Å²) in [5.74, 6) is -0.193. The minimum atomic E-state index is -4.64. The molecule has 0 amide bonds. The summed E-state index contributed by atoms with van der Waals surface area (Å²) in [5, 5.41) is 0. The summed E-state index contributed by atoms with van der Waals surface area (Å²) in [6, 6.07) is 5.99. The standard InChI is InChI=1S/C14H20F3NO/c1-3-8-13(2,10-18)9-11-4-6-12(7-5-11)19-14(15,16)17/h4-7H,3,8-10,18H2,1-2H3. The molecule has 0 aliphatic carbocycles. The zero-order chi connectivity index (χ0) is 14.5. The van der Waals surface area contributed by atoms with Gasteiger partial charge in [-0.3, -0.25) is 0 Å². The Morgan fingerprint density at radius 2 is 1.74 bits per heavy atom. The van der Waals surface area contributed by atoms with Gasteiger partial charge in [0, 0.05) is 0 Å². The van der Waals surface area contributed by atoms with Crippen molar-refractivity contribution < 1.29 is 17.9 Å². The number of nitrogens with two attached hydrogens (primary N) is 1. The van der Waals surface area contributed by atoms with E-state index < -0.39 is 6.36 Å². The second-order valence-corrected chi connectivity index (χ2v) is 5.13. The molecule has 19 heavy (non-hydrogen) atoms. The lowest BCUT2D eigenvalue weighted by molar-refractivity contribution is -0.274. The van der Waals surface area contributed by atoms with Crippen LogP contribution in [0.3, 0.4) is 0 Å². The highest BCUT2D eigenvalue weighted by Gasteiger charge is 2.31. The highest BCUT2D eigenvalue weighted by Crippen LogP contribution is 2.28. The quantitative estimate of drug-likeness (QED) is 0.854. The molecule has 0 fully saturated rings. The second kappa shape index (κ2) is 6.28. The normalized spacial score (nSPS) is 15.1. The van der Waals surface area contributed by atoms with Gasteiger partial charge in [0.15, 0.2) is 0 Å². The van der Waals surface area contributed by atoms with Crippen molar-refractivity contribution >= 4 is 0 Å². The molecular weight excluding hydrogens is 255 g/mol. The Labute approximate surface area is 111 Å². The van der Waals surface area contributed by atoms with Crippen molar-refractivity contribution in [1.82, 2.24) is 0 Å². The minimum Gasteiger partial charge on any atom is -0.406 e. The molecule has 0 aliphatic rings. The number of benzene rings is 1. The molecule has 1 rings (SSSR count). The number of halogens is 3. The molecule has 0 aromatic heterocycles. The predicted octanol–water partition coefficient (Wildman–Crippen LogP) is 3.89. The van der Waals surface area contributed by atoms with Gasteiger partial charge >= 0.3 is 6.36 Å². The Balaban J connectivity index is 2.71. The molecule has 0 spiro atoms. The summed E-state index contributed by atoms with van der Waals surface area (Å²) in [6.45, 7) is 4.74. The molecule has 0 radical (unpaired) electrons. The maximum Gasteiger partial charge on any atom is 0.573 e. The molecule has 0 saturated heterocycles. The first-order valence-corrected chi connectivity index (χ1v) is 6.33. The van der Waals surface area contributed by atoms with E-state index in [-0.39, 0.29) is 11.2 Å². The van der Waals surface area contributed by atoms with Crippen molar-refractivity contribution in [2.24, 2.45) is 11.1 Å². The van der Waals surface area contributed by atoms with E-state index in [1.54, 1.807) is 12.1 Å². The van der Waals surface area contributed by atoms with Gasteiger partial charge in [-0.05, 0) is 42.5 Å². The van der Waals surface area contributed by atoms with Gasteiger partial charge in [-0.15, -0.1) is 13.2 Å². The third-order valence-electron chi connectivity index (χ3n) is 3.13. The Morgan fingerprint density at radius 3 is 2.16 bits per heavy atom. The molecule has 0 aliphatic heterocycles. The zero-order valence-corrected chi connectivity index (χ0v) is 11.3. The predicted molar refractivity (Wildman–Crippen MR) is 68.9 cm³/mol. The van der Waals surface area contributed by atoms with Gasteiger partial charge < -0.3 is 10.5 Å². The van der Waals surface area contributed by atoms with Gasteiger partial charge in [-0.25, -0.2) is 0 Å². The fourth-order valence-electron chi connectivity index (χ4n) is 2.17. The van der Waals surface area contributed by atoms with Crippen LogP contribution in [0.4, 0.5) is 13.2 Å². The highest BCUT2D eigenvalue weighted by molar-refractivity contribution is 5.28. The van der Waals surface area contributed by atoms with Crippen molar-refractivity contribution in [3.63, 3.8) is 0 Å². The lowest BCUT2D eigenvalue weighted by Gasteiger charge is -2.27. The van der Waals surface area contributed by atoms with Crippen LogP contribution in [0.2, 0.25) is 0 Å². The Morgan fingerprint density at radius 1 is 1.16 bits per heavy atom. The Bertz CT molecular complexity index is 389. The molecule has 1 atom stereocenters. The van der Waals surface area contributed by atoms with E-state index in [2.05, 4.69) is 18.6 Å². The van der Waals surface area contributed by atoms with E-state index in [1.807, 2.05) is 0 Å². The number of alkyl halides is 3. The fourth-order valence-corrected chi connectivity index (χ4v) is 2.17. The SMILES string of the molecule is CCCC(C)(CN)Cc1ccc(OC(F)(F)F)cc1. The molecule has 0 bridgehead atoms. The fraction of sp³-hybridized carbons (Fsp3) is 0.571. The van der Waals surface area contributed by atoms with E-state index in [4.69, 9.17) is 5.73 Å². The van der Waals surface area contributed by atoms with Crippen molar-refractivity contribution in [3.05, 3.63) is 29.8 Å². The van der Waals surface area contributed by atoms with Crippen LogP contribution in [0.25, 0.3) is 0 Å². The Kier molecular flexibility index (Phi) is 5.23. The summed E-state index contributed by atoms with van der Waals surface area (Å²) in [5.41, 5.74) is 6.74. The van der Waals surface area contributed by atoms with E-state index in [0.717, 1.165) is 24.8 Å². The number of ether oxygens (including phenoxy) is 1. The van der Waals surface area contributed by atoms with Crippen LogP contribution < -0.4 is 10.5 Å². The van der Waals surface area contributed by atoms with Crippen LogP contribution in [-0.4, -0.2) is 12.9 Å². The first kappa shape index (κ1) is 15.8. The molecule has 5 heteroatoms. The molecule has 1 aromatic carbocycles. The molecule has 0 saturated carbocycles. The highest BCUT2D eigenvalue weighted by atomic mass is 19.4. The smallest absolute Gasteiger partial charge is 0.406 e. The summed E-state index contributed by atoms with van der Waals surface area (Å²) in [6.07, 6.45) is -1.87. The van der Waals surface area contributed by atoms with Crippen molar-refractivity contribution in [2.75, 3.05) is 6.54 Å². The van der Waals surface area contributed by atoms with Crippen LogP contribution in [-0.2, 0) is 6.42 Å². The van der Waals surface area contributed by atoms with Crippen LogP contribution >= 0.6 is 0 Å². The van der Waals surface area contributed by atoms with Gasteiger partial charge in [0.2, 0.25) is 0 Å². The molecular formula is C14H20F3NO. The lowest BCUT2D eigenvalue weighted by atomic mass is 9.80. The summed E-state index contributed by atoms with van der Waals surface area (Å²) in [4.78, 5) is 0. The van der Waals surface area contributed by atoms with Gasteiger partial charge in [-0.2, -0.15) is 0 Å². The van der Waals surface area contributed by atoms with Gasteiger partial charge in [0.1, 0.15) is 5.75 Å². The van der Waals surface area contributed by atoms with E-state index in [1.165, 1.54) is 12.1 Å². The maximum atomic E-state index is 12.0. The summed E-state index contributed by atoms with van der Waals surface area (Å²) >= 11 is 0. The second-order valence-electron chi connectivity index (χ2n) is 5.13. The molecule has 2 N–H and O–H groups in total. The van der Waals surface area contributed by atoms with Crippen LogP contribution in [0.5, 0.6) is 5.75 Å². The number of hydrogen-bond acceptors (Lipinski definition) is 2. The molecule has 108 valence electrons.